The van der Waals surface area contributed by atoms with E-state index < -0.39 is 0 Å². The first kappa shape index (κ1) is 17.3. The van der Waals surface area contributed by atoms with Crippen molar-refractivity contribution in [2.75, 3.05) is 30.8 Å². The summed E-state index contributed by atoms with van der Waals surface area (Å²) in [5.74, 6) is -0.0664. The fourth-order valence-electron chi connectivity index (χ4n) is 2.49. The molecule has 1 aromatic carbocycles. The number of benzene rings is 1. The van der Waals surface area contributed by atoms with Crippen molar-refractivity contribution in [3.8, 4) is 0 Å². The van der Waals surface area contributed by atoms with Crippen molar-refractivity contribution in [3.63, 3.8) is 0 Å². The number of nitrogens with zero attached hydrogens (tertiary/aromatic N) is 2. The highest BCUT2D eigenvalue weighted by atomic mass is 32.2. The van der Waals surface area contributed by atoms with E-state index in [-0.39, 0.29) is 5.91 Å². The van der Waals surface area contributed by atoms with Crippen LogP contribution < -0.4 is 10.2 Å². The number of carbonyl (C=O) groups excluding carboxylic acids is 1. The van der Waals surface area contributed by atoms with Gasteiger partial charge < -0.3 is 10.2 Å². The summed E-state index contributed by atoms with van der Waals surface area (Å²) in [7, 11) is 0. The van der Waals surface area contributed by atoms with Crippen LogP contribution in [0, 0.1) is 6.92 Å². The summed E-state index contributed by atoms with van der Waals surface area (Å²) in [6.07, 6.45) is 3.63. The zero-order valence-corrected chi connectivity index (χ0v) is 14.7. The van der Waals surface area contributed by atoms with Crippen molar-refractivity contribution in [2.45, 2.75) is 18.9 Å². The Kier molecular flexibility index (Phi) is 6.47. The maximum absolute atomic E-state index is 12.3. The SMILES string of the molecule is CCN(CCNC(=O)c1cccnc1SC)c1ccccc1C. The molecule has 0 saturated heterocycles. The molecule has 0 aliphatic carbocycles. The fraction of sp³-hybridized carbons (Fsp3) is 0.333. The number of thioether (sulfide) groups is 1. The lowest BCUT2D eigenvalue weighted by atomic mass is 10.2. The first-order valence-corrected chi connectivity index (χ1v) is 8.97. The minimum absolute atomic E-state index is 0.0664. The van der Waals surface area contributed by atoms with Gasteiger partial charge in [-0.05, 0) is 43.9 Å². The number of aryl methyl sites for hydroxylation is 1. The molecule has 4 nitrogen and oxygen atoms in total. The molecule has 1 heterocycles. The number of aromatic nitrogens is 1. The van der Waals surface area contributed by atoms with E-state index in [1.165, 1.54) is 23.0 Å². The van der Waals surface area contributed by atoms with Crippen LogP contribution in [0.4, 0.5) is 5.69 Å². The average Bonchev–Trinajstić information content (AvgIpc) is 2.59. The Morgan fingerprint density at radius 2 is 2.04 bits per heavy atom. The number of carbonyl (C=O) groups is 1. The molecule has 2 rings (SSSR count). The number of amides is 1. The molecular weight excluding hydrogens is 306 g/mol. The molecule has 1 N–H and O–H groups in total. The van der Waals surface area contributed by atoms with Crippen LogP contribution in [0.3, 0.4) is 0 Å². The Labute approximate surface area is 142 Å². The minimum Gasteiger partial charge on any atom is -0.370 e. The van der Waals surface area contributed by atoms with Crippen molar-refractivity contribution >= 4 is 23.4 Å². The smallest absolute Gasteiger partial charge is 0.254 e. The van der Waals surface area contributed by atoms with Crippen LogP contribution in [0.5, 0.6) is 0 Å². The van der Waals surface area contributed by atoms with Gasteiger partial charge in [-0.25, -0.2) is 4.98 Å². The molecule has 0 spiro atoms. The van der Waals surface area contributed by atoms with Gasteiger partial charge in [0.05, 0.1) is 5.56 Å². The van der Waals surface area contributed by atoms with E-state index in [9.17, 15) is 4.79 Å². The molecule has 2 aromatic rings. The number of rotatable bonds is 7. The van der Waals surface area contributed by atoms with Gasteiger partial charge in [0.2, 0.25) is 0 Å². The van der Waals surface area contributed by atoms with Crippen LogP contribution in [0.2, 0.25) is 0 Å². The molecule has 0 radical (unpaired) electrons. The minimum atomic E-state index is -0.0664. The summed E-state index contributed by atoms with van der Waals surface area (Å²) >= 11 is 1.48. The van der Waals surface area contributed by atoms with Crippen LogP contribution >= 0.6 is 11.8 Å². The van der Waals surface area contributed by atoms with Crippen LogP contribution in [0.15, 0.2) is 47.6 Å². The second-order valence-corrected chi connectivity index (χ2v) is 5.98. The third-order valence-corrected chi connectivity index (χ3v) is 4.43. The maximum atomic E-state index is 12.3. The van der Waals surface area contributed by atoms with Gasteiger partial charge in [-0.15, -0.1) is 11.8 Å². The maximum Gasteiger partial charge on any atom is 0.254 e. The van der Waals surface area contributed by atoms with Gasteiger partial charge in [0, 0.05) is 31.5 Å². The highest BCUT2D eigenvalue weighted by Crippen LogP contribution is 2.19. The Hall–Kier alpha value is -2.01. The summed E-state index contributed by atoms with van der Waals surface area (Å²) in [5, 5.41) is 3.75. The Morgan fingerprint density at radius 1 is 1.26 bits per heavy atom. The fourth-order valence-corrected chi connectivity index (χ4v) is 3.04. The summed E-state index contributed by atoms with van der Waals surface area (Å²) in [6.45, 7) is 6.52. The third kappa shape index (κ3) is 4.48. The monoisotopic (exact) mass is 329 g/mol. The molecular formula is C18H23N3OS. The van der Waals surface area contributed by atoms with Gasteiger partial charge in [0.1, 0.15) is 5.03 Å². The molecule has 0 fully saturated rings. The van der Waals surface area contributed by atoms with Crippen molar-refractivity contribution < 1.29 is 4.79 Å². The van der Waals surface area contributed by atoms with Crippen molar-refractivity contribution in [1.82, 2.24) is 10.3 Å². The first-order valence-electron chi connectivity index (χ1n) is 7.75. The summed E-state index contributed by atoms with van der Waals surface area (Å²) in [4.78, 5) is 18.8. The first-order chi connectivity index (χ1) is 11.2. The standard InChI is InChI=1S/C18H23N3OS/c1-4-21(16-10-6-5-8-14(16)2)13-12-19-17(22)15-9-7-11-20-18(15)23-3/h5-11H,4,12-13H2,1-3H3,(H,19,22). The van der Waals surface area contributed by atoms with Gasteiger partial charge >= 0.3 is 0 Å². The summed E-state index contributed by atoms with van der Waals surface area (Å²) in [6, 6.07) is 11.9. The van der Waals surface area contributed by atoms with Crippen molar-refractivity contribution in [1.29, 1.82) is 0 Å². The molecule has 23 heavy (non-hydrogen) atoms. The Bertz CT molecular complexity index is 660. The molecule has 0 aliphatic heterocycles. The number of hydrogen-bond donors (Lipinski definition) is 1. The number of nitrogens with one attached hydrogen (secondary N) is 1. The van der Waals surface area contributed by atoms with Crippen molar-refractivity contribution in [3.05, 3.63) is 53.7 Å². The molecule has 1 amide bonds. The Morgan fingerprint density at radius 3 is 2.74 bits per heavy atom. The molecule has 1 aromatic heterocycles. The number of anilines is 1. The van der Waals surface area contributed by atoms with E-state index in [0.29, 0.717) is 12.1 Å². The third-order valence-electron chi connectivity index (χ3n) is 3.71. The number of likely N-dealkylation sites (N-methyl/N-ethyl adjacent to an activating group) is 1. The molecule has 5 heteroatoms. The van der Waals surface area contributed by atoms with Crippen LogP contribution in [-0.4, -0.2) is 36.8 Å². The number of pyridine rings is 1. The van der Waals surface area contributed by atoms with Crippen LogP contribution in [0.25, 0.3) is 0 Å². The lowest BCUT2D eigenvalue weighted by Crippen LogP contribution is -2.35. The van der Waals surface area contributed by atoms with E-state index in [4.69, 9.17) is 0 Å². The van der Waals surface area contributed by atoms with Gasteiger partial charge in [-0.3, -0.25) is 4.79 Å². The highest BCUT2D eigenvalue weighted by molar-refractivity contribution is 7.98. The predicted octanol–water partition coefficient (Wildman–Crippen LogP) is 3.37. The largest absolute Gasteiger partial charge is 0.370 e. The van der Waals surface area contributed by atoms with Gasteiger partial charge in [-0.1, -0.05) is 18.2 Å². The molecule has 0 saturated carbocycles. The molecule has 122 valence electrons. The van der Waals surface area contributed by atoms with Gasteiger partial charge in [0.25, 0.3) is 5.91 Å². The summed E-state index contributed by atoms with van der Waals surface area (Å²) < 4.78 is 0. The molecule has 0 unspecified atom stereocenters. The predicted molar refractivity (Wildman–Crippen MR) is 97.4 cm³/mol. The molecule has 0 aliphatic rings. The second-order valence-electron chi connectivity index (χ2n) is 5.18. The van der Waals surface area contributed by atoms with E-state index >= 15 is 0 Å². The van der Waals surface area contributed by atoms with Gasteiger partial charge in [0.15, 0.2) is 0 Å². The van der Waals surface area contributed by atoms with Crippen LogP contribution in [-0.2, 0) is 0 Å². The zero-order chi connectivity index (χ0) is 16.7. The number of para-hydroxylation sites is 1. The number of hydrogen-bond acceptors (Lipinski definition) is 4. The lowest BCUT2D eigenvalue weighted by molar-refractivity contribution is 0.0951. The highest BCUT2D eigenvalue weighted by Gasteiger charge is 2.12. The van der Waals surface area contributed by atoms with E-state index in [0.717, 1.165) is 18.1 Å². The topological polar surface area (TPSA) is 45.2 Å². The zero-order valence-electron chi connectivity index (χ0n) is 13.9. The molecule has 0 atom stereocenters. The van der Waals surface area contributed by atoms with E-state index in [2.05, 4.69) is 41.2 Å². The normalized spacial score (nSPS) is 10.4. The average molecular weight is 329 g/mol. The van der Waals surface area contributed by atoms with E-state index in [1.807, 2.05) is 24.5 Å². The quantitative estimate of drug-likeness (QED) is 0.791. The van der Waals surface area contributed by atoms with Crippen LogP contribution in [0.1, 0.15) is 22.8 Å². The lowest BCUT2D eigenvalue weighted by Gasteiger charge is -2.25. The Balaban J connectivity index is 1.95. The van der Waals surface area contributed by atoms with Gasteiger partial charge in [-0.2, -0.15) is 0 Å². The van der Waals surface area contributed by atoms with E-state index in [1.54, 1.807) is 12.3 Å². The summed E-state index contributed by atoms with van der Waals surface area (Å²) in [5.41, 5.74) is 3.10. The second kappa shape index (κ2) is 8.58. The molecule has 0 bridgehead atoms. The van der Waals surface area contributed by atoms with Crippen molar-refractivity contribution in [2.24, 2.45) is 0 Å².